The van der Waals surface area contributed by atoms with Crippen molar-refractivity contribution < 1.29 is 14.0 Å². The third-order valence-corrected chi connectivity index (χ3v) is 3.91. The number of nitrogens with zero attached hydrogens (tertiary/aromatic N) is 1. The zero-order valence-electron chi connectivity index (χ0n) is 12.9. The van der Waals surface area contributed by atoms with Gasteiger partial charge in [-0.1, -0.05) is 30.3 Å². The van der Waals surface area contributed by atoms with Gasteiger partial charge in [0, 0.05) is 0 Å². The molecule has 0 atom stereocenters. The van der Waals surface area contributed by atoms with Gasteiger partial charge in [0.05, 0.1) is 16.6 Å². The van der Waals surface area contributed by atoms with Crippen LogP contribution in [0.4, 0.5) is 5.69 Å². The number of para-hydroxylation sites is 2. The predicted octanol–water partition coefficient (Wildman–Crippen LogP) is 2.25. The van der Waals surface area contributed by atoms with Gasteiger partial charge in [0.15, 0.2) is 5.43 Å². The van der Waals surface area contributed by atoms with Crippen LogP contribution < -0.4 is 15.9 Å². The zero-order chi connectivity index (χ0) is 17.4. The molecule has 1 saturated heterocycles. The fraction of sp³-hybridized carbons (Fsp3) is 0. The molecule has 1 aliphatic heterocycles. The highest BCUT2D eigenvalue weighted by molar-refractivity contribution is 6.31. The Labute approximate surface area is 142 Å². The molecule has 0 bridgehead atoms. The quantitative estimate of drug-likeness (QED) is 0.577. The van der Waals surface area contributed by atoms with Gasteiger partial charge in [0.2, 0.25) is 0 Å². The maximum absolute atomic E-state index is 12.5. The van der Waals surface area contributed by atoms with Crippen molar-refractivity contribution in [3.05, 3.63) is 82.2 Å². The van der Waals surface area contributed by atoms with E-state index in [1.54, 1.807) is 48.5 Å². The van der Waals surface area contributed by atoms with Gasteiger partial charge in [-0.25, -0.2) is 5.01 Å². The van der Waals surface area contributed by atoms with Crippen LogP contribution in [0, 0.1) is 0 Å². The fourth-order valence-corrected chi connectivity index (χ4v) is 2.66. The van der Waals surface area contributed by atoms with Crippen molar-refractivity contribution in [3.8, 4) is 0 Å². The van der Waals surface area contributed by atoms with Crippen LogP contribution >= 0.6 is 0 Å². The van der Waals surface area contributed by atoms with E-state index in [2.05, 4.69) is 5.43 Å². The number of hydrogen-bond donors (Lipinski definition) is 1. The minimum atomic E-state index is -0.568. The van der Waals surface area contributed by atoms with Gasteiger partial charge in [-0.15, -0.1) is 0 Å². The van der Waals surface area contributed by atoms with Crippen molar-refractivity contribution in [2.24, 2.45) is 0 Å². The molecule has 1 N–H and O–H groups in total. The van der Waals surface area contributed by atoms with E-state index in [1.807, 2.05) is 6.07 Å². The van der Waals surface area contributed by atoms with Gasteiger partial charge in [-0.05, 0) is 30.3 Å². The monoisotopic (exact) mass is 332 g/mol. The molecule has 6 heteroatoms. The highest BCUT2D eigenvalue weighted by atomic mass is 16.3. The standard InChI is InChI=1S/C19H12N2O4/c22-17-12(11-25-16-9-5-4-8-14(16)17)10-15-18(23)20-21(19(15)24)13-6-2-1-3-7-13/h1-11H,(H,20,23)/b15-10+. The van der Waals surface area contributed by atoms with Gasteiger partial charge >= 0.3 is 0 Å². The van der Waals surface area contributed by atoms with E-state index < -0.39 is 11.8 Å². The second-order valence-electron chi connectivity index (χ2n) is 5.49. The number of hydrazine groups is 1. The largest absolute Gasteiger partial charge is 0.463 e. The predicted molar refractivity (Wildman–Crippen MR) is 92.5 cm³/mol. The maximum Gasteiger partial charge on any atom is 0.282 e. The molecular formula is C19H12N2O4. The van der Waals surface area contributed by atoms with E-state index in [1.165, 1.54) is 12.3 Å². The topological polar surface area (TPSA) is 79.6 Å². The Morgan fingerprint density at radius 2 is 1.64 bits per heavy atom. The van der Waals surface area contributed by atoms with Gasteiger partial charge in [0.1, 0.15) is 17.4 Å². The molecule has 122 valence electrons. The van der Waals surface area contributed by atoms with Crippen molar-refractivity contribution in [2.45, 2.75) is 0 Å². The first-order valence-corrected chi connectivity index (χ1v) is 7.58. The molecule has 0 spiro atoms. The Morgan fingerprint density at radius 3 is 2.44 bits per heavy atom. The molecule has 2 amide bonds. The minimum Gasteiger partial charge on any atom is -0.463 e. The molecule has 0 aliphatic carbocycles. The van der Waals surface area contributed by atoms with E-state index in [-0.39, 0.29) is 16.6 Å². The molecule has 0 radical (unpaired) electrons. The van der Waals surface area contributed by atoms with Crippen molar-refractivity contribution in [1.29, 1.82) is 0 Å². The summed E-state index contributed by atoms with van der Waals surface area (Å²) >= 11 is 0. The average molecular weight is 332 g/mol. The molecule has 3 aromatic rings. The second kappa shape index (κ2) is 5.76. The molecule has 2 heterocycles. The van der Waals surface area contributed by atoms with Crippen molar-refractivity contribution >= 4 is 34.5 Å². The number of benzene rings is 2. The lowest BCUT2D eigenvalue weighted by atomic mass is 10.1. The second-order valence-corrected chi connectivity index (χ2v) is 5.49. The number of carbonyl (C=O) groups excluding carboxylic acids is 2. The highest BCUT2D eigenvalue weighted by Gasteiger charge is 2.34. The molecule has 6 nitrogen and oxygen atoms in total. The van der Waals surface area contributed by atoms with E-state index in [0.717, 1.165) is 5.01 Å². The average Bonchev–Trinajstić information content (AvgIpc) is 2.93. The SMILES string of the molecule is O=C1NN(c2ccccc2)C(=O)/C1=C/c1coc2ccccc2c1=O. The summed E-state index contributed by atoms with van der Waals surface area (Å²) in [6.07, 6.45) is 2.52. The summed E-state index contributed by atoms with van der Waals surface area (Å²) in [4.78, 5) is 37.2. The van der Waals surface area contributed by atoms with E-state index >= 15 is 0 Å². The summed E-state index contributed by atoms with van der Waals surface area (Å²) in [6.45, 7) is 0. The Kier molecular flexibility index (Phi) is 3.43. The fourth-order valence-electron chi connectivity index (χ4n) is 2.66. The normalized spacial score (nSPS) is 15.8. The number of rotatable bonds is 2. The van der Waals surface area contributed by atoms with Gasteiger partial charge in [-0.3, -0.25) is 19.8 Å². The van der Waals surface area contributed by atoms with Gasteiger partial charge in [0.25, 0.3) is 11.8 Å². The van der Waals surface area contributed by atoms with E-state index in [9.17, 15) is 14.4 Å². The number of anilines is 1. The van der Waals surface area contributed by atoms with Crippen LogP contribution in [0.1, 0.15) is 5.56 Å². The Hall–Kier alpha value is -3.67. The molecule has 2 aromatic carbocycles. The van der Waals surface area contributed by atoms with Gasteiger partial charge < -0.3 is 4.42 Å². The molecule has 25 heavy (non-hydrogen) atoms. The number of nitrogens with one attached hydrogen (secondary N) is 1. The maximum atomic E-state index is 12.5. The summed E-state index contributed by atoms with van der Waals surface area (Å²) < 4.78 is 5.41. The summed E-state index contributed by atoms with van der Waals surface area (Å²) in [6, 6.07) is 15.5. The number of fused-ring (bicyclic) bond motifs is 1. The smallest absolute Gasteiger partial charge is 0.282 e. The summed E-state index contributed by atoms with van der Waals surface area (Å²) in [5, 5.41) is 1.54. The molecule has 0 unspecified atom stereocenters. The zero-order valence-corrected chi connectivity index (χ0v) is 12.9. The van der Waals surface area contributed by atoms with Crippen molar-refractivity contribution in [3.63, 3.8) is 0 Å². The lowest BCUT2D eigenvalue weighted by molar-refractivity contribution is -0.117. The summed E-state index contributed by atoms with van der Waals surface area (Å²) in [5.41, 5.74) is 3.20. The Balaban J connectivity index is 1.77. The van der Waals surface area contributed by atoms with Crippen molar-refractivity contribution in [1.82, 2.24) is 5.43 Å². The van der Waals surface area contributed by atoms with Crippen molar-refractivity contribution in [2.75, 3.05) is 5.01 Å². The number of hydrogen-bond acceptors (Lipinski definition) is 4. The molecular weight excluding hydrogens is 320 g/mol. The van der Waals surface area contributed by atoms with Crippen LogP contribution in [0.3, 0.4) is 0 Å². The van der Waals surface area contributed by atoms with Crippen LogP contribution in [0.15, 0.2) is 75.6 Å². The van der Waals surface area contributed by atoms with E-state index in [4.69, 9.17) is 4.42 Å². The highest BCUT2D eigenvalue weighted by Crippen LogP contribution is 2.21. The third kappa shape index (κ3) is 2.49. The minimum absolute atomic E-state index is 0.119. The first-order valence-electron chi connectivity index (χ1n) is 7.58. The number of amides is 2. The summed E-state index contributed by atoms with van der Waals surface area (Å²) in [7, 11) is 0. The van der Waals surface area contributed by atoms with E-state index in [0.29, 0.717) is 16.7 Å². The Morgan fingerprint density at radius 1 is 0.920 bits per heavy atom. The first-order chi connectivity index (χ1) is 12.1. The molecule has 1 aliphatic rings. The van der Waals surface area contributed by atoms with Gasteiger partial charge in [-0.2, -0.15) is 0 Å². The van der Waals surface area contributed by atoms with Crippen LogP contribution in [0.5, 0.6) is 0 Å². The Bertz CT molecular complexity index is 1080. The molecule has 1 aromatic heterocycles. The lowest BCUT2D eigenvalue weighted by Gasteiger charge is -2.13. The third-order valence-electron chi connectivity index (χ3n) is 3.91. The van der Waals surface area contributed by atoms with Crippen LogP contribution in [0.2, 0.25) is 0 Å². The molecule has 0 saturated carbocycles. The van der Waals surface area contributed by atoms with Crippen LogP contribution in [-0.2, 0) is 9.59 Å². The molecule has 1 fully saturated rings. The number of carbonyl (C=O) groups is 2. The lowest BCUT2D eigenvalue weighted by Crippen LogP contribution is -2.35. The summed E-state index contributed by atoms with van der Waals surface area (Å²) in [5.74, 6) is -1.09. The molecule has 4 rings (SSSR count). The van der Waals surface area contributed by atoms with Crippen LogP contribution in [-0.4, -0.2) is 11.8 Å². The van der Waals surface area contributed by atoms with Crippen LogP contribution in [0.25, 0.3) is 17.0 Å². The first kappa shape index (κ1) is 14.9.